The lowest BCUT2D eigenvalue weighted by Crippen LogP contribution is -2.47. The second-order valence-corrected chi connectivity index (χ2v) is 6.26. The van der Waals surface area contributed by atoms with Crippen LogP contribution in [0, 0.1) is 10.1 Å². The van der Waals surface area contributed by atoms with Crippen molar-refractivity contribution in [2.45, 2.75) is 18.6 Å². The van der Waals surface area contributed by atoms with Gasteiger partial charge in [-0.05, 0) is 12.1 Å². The van der Waals surface area contributed by atoms with Gasteiger partial charge in [0, 0.05) is 37.7 Å². The first-order chi connectivity index (χ1) is 11.5. The largest absolute Gasteiger partial charge is 0.347 e. The summed E-state index contributed by atoms with van der Waals surface area (Å²) in [5, 5.41) is 13.6. The van der Waals surface area contributed by atoms with E-state index in [0.717, 1.165) is 12.8 Å². The summed E-state index contributed by atoms with van der Waals surface area (Å²) in [6, 6.07) is 4.19. The van der Waals surface area contributed by atoms with E-state index in [0.29, 0.717) is 32.0 Å². The Morgan fingerprint density at radius 2 is 2.00 bits per heavy atom. The van der Waals surface area contributed by atoms with Crippen molar-refractivity contribution in [3.63, 3.8) is 0 Å². The molecule has 0 aromatic heterocycles. The Kier molecular flexibility index (Phi) is 5.00. The van der Waals surface area contributed by atoms with E-state index < -0.39 is 10.7 Å². The van der Waals surface area contributed by atoms with Crippen LogP contribution >= 0.6 is 11.6 Å². The van der Waals surface area contributed by atoms with E-state index in [2.05, 4.69) is 5.32 Å². The van der Waals surface area contributed by atoms with Crippen LogP contribution in [0.2, 0.25) is 5.02 Å². The number of amides is 1. The molecule has 1 spiro atoms. The highest BCUT2D eigenvalue weighted by Gasteiger charge is 2.39. The summed E-state index contributed by atoms with van der Waals surface area (Å²) in [7, 11) is 0. The molecule has 0 unspecified atom stereocenters. The highest BCUT2D eigenvalue weighted by atomic mass is 35.5. The van der Waals surface area contributed by atoms with E-state index in [1.165, 1.54) is 12.1 Å². The zero-order valence-electron chi connectivity index (χ0n) is 13.0. The molecule has 2 heterocycles. The highest BCUT2D eigenvalue weighted by Crippen LogP contribution is 2.31. The average Bonchev–Trinajstić information content (AvgIpc) is 3.00. The van der Waals surface area contributed by atoms with Gasteiger partial charge in [0.2, 0.25) is 5.91 Å². The minimum atomic E-state index is -0.580. The molecule has 130 valence electrons. The van der Waals surface area contributed by atoms with Gasteiger partial charge in [-0.3, -0.25) is 19.8 Å². The lowest BCUT2D eigenvalue weighted by atomic mass is 10.0. The van der Waals surface area contributed by atoms with Crippen molar-refractivity contribution in [1.82, 2.24) is 4.90 Å². The molecule has 2 aliphatic rings. The van der Waals surface area contributed by atoms with E-state index >= 15 is 0 Å². The van der Waals surface area contributed by atoms with E-state index in [9.17, 15) is 14.9 Å². The van der Waals surface area contributed by atoms with E-state index in [-0.39, 0.29) is 23.2 Å². The number of ether oxygens (including phenoxy) is 2. The van der Waals surface area contributed by atoms with E-state index in [4.69, 9.17) is 21.1 Å². The quantitative estimate of drug-likeness (QED) is 0.656. The molecule has 1 aromatic carbocycles. The number of nitrogens with zero attached hydrogens (tertiary/aromatic N) is 2. The lowest BCUT2D eigenvalue weighted by Gasteiger charge is -2.37. The Labute approximate surface area is 143 Å². The van der Waals surface area contributed by atoms with Crippen molar-refractivity contribution >= 4 is 28.9 Å². The van der Waals surface area contributed by atoms with Crippen molar-refractivity contribution in [3.8, 4) is 0 Å². The molecule has 1 amide bonds. The number of likely N-dealkylation sites (tertiary alicyclic amines) is 1. The van der Waals surface area contributed by atoms with Crippen LogP contribution < -0.4 is 5.32 Å². The number of carbonyl (C=O) groups is 1. The van der Waals surface area contributed by atoms with Gasteiger partial charge in [0.05, 0.1) is 24.7 Å². The molecule has 2 saturated heterocycles. The zero-order chi connectivity index (χ0) is 17.2. The standard InChI is InChI=1S/C15H18ClN3O5/c16-12-2-1-11(9-13(12)19(21)22)17-14(20)10-18-5-3-15(4-6-18)23-7-8-24-15/h1-2,9H,3-8,10H2,(H,17,20). The van der Waals surface area contributed by atoms with Crippen molar-refractivity contribution in [2.24, 2.45) is 0 Å². The smallest absolute Gasteiger partial charge is 0.289 e. The molecule has 8 nitrogen and oxygen atoms in total. The number of nitrogens with one attached hydrogen (secondary N) is 1. The van der Waals surface area contributed by atoms with Crippen LogP contribution in [0.15, 0.2) is 18.2 Å². The molecule has 0 atom stereocenters. The Morgan fingerprint density at radius 3 is 2.62 bits per heavy atom. The third-order valence-corrected chi connectivity index (χ3v) is 4.54. The summed E-state index contributed by atoms with van der Waals surface area (Å²) in [5.41, 5.74) is 0.122. The molecule has 9 heteroatoms. The van der Waals surface area contributed by atoms with Crippen molar-refractivity contribution < 1.29 is 19.2 Å². The number of rotatable bonds is 4. The van der Waals surface area contributed by atoms with Gasteiger partial charge < -0.3 is 14.8 Å². The molecule has 2 fully saturated rings. The fourth-order valence-electron chi connectivity index (χ4n) is 2.97. The van der Waals surface area contributed by atoms with Gasteiger partial charge in [-0.25, -0.2) is 0 Å². The van der Waals surface area contributed by atoms with E-state index in [1.807, 2.05) is 4.90 Å². The third kappa shape index (κ3) is 3.84. The molecule has 24 heavy (non-hydrogen) atoms. The summed E-state index contributed by atoms with van der Waals surface area (Å²) >= 11 is 5.76. The summed E-state index contributed by atoms with van der Waals surface area (Å²) in [6.07, 6.45) is 1.46. The number of carbonyl (C=O) groups excluding carboxylic acids is 1. The first-order valence-corrected chi connectivity index (χ1v) is 8.09. The molecular formula is C15H18ClN3O5. The molecular weight excluding hydrogens is 338 g/mol. The Hall–Kier alpha value is -1.74. The Bertz CT molecular complexity index is 638. The van der Waals surface area contributed by atoms with Crippen LogP contribution in [0.1, 0.15) is 12.8 Å². The third-order valence-electron chi connectivity index (χ3n) is 4.23. The topological polar surface area (TPSA) is 93.9 Å². The summed E-state index contributed by atoms with van der Waals surface area (Å²) < 4.78 is 11.3. The van der Waals surface area contributed by atoms with Gasteiger partial charge in [0.15, 0.2) is 5.79 Å². The predicted molar refractivity (Wildman–Crippen MR) is 87.0 cm³/mol. The van der Waals surface area contributed by atoms with Crippen LogP contribution in [0.4, 0.5) is 11.4 Å². The number of piperidine rings is 1. The normalized spacial score (nSPS) is 20.2. The minimum Gasteiger partial charge on any atom is -0.347 e. The van der Waals surface area contributed by atoms with Crippen LogP contribution in [0.3, 0.4) is 0 Å². The van der Waals surface area contributed by atoms with Gasteiger partial charge in [-0.15, -0.1) is 0 Å². The maximum Gasteiger partial charge on any atom is 0.289 e. The molecule has 0 radical (unpaired) electrons. The van der Waals surface area contributed by atoms with Crippen molar-refractivity contribution in [2.75, 3.05) is 38.2 Å². The van der Waals surface area contributed by atoms with Gasteiger partial charge in [0.1, 0.15) is 5.02 Å². The van der Waals surface area contributed by atoms with Crippen LogP contribution in [0.25, 0.3) is 0 Å². The lowest BCUT2D eigenvalue weighted by molar-refractivity contribution is -0.384. The van der Waals surface area contributed by atoms with Gasteiger partial charge in [0.25, 0.3) is 5.69 Å². The molecule has 1 N–H and O–H groups in total. The van der Waals surface area contributed by atoms with Crippen molar-refractivity contribution in [1.29, 1.82) is 0 Å². The van der Waals surface area contributed by atoms with Gasteiger partial charge in [-0.2, -0.15) is 0 Å². The predicted octanol–water partition coefficient (Wildman–Crippen LogP) is 2.03. The zero-order valence-corrected chi connectivity index (χ0v) is 13.8. The van der Waals surface area contributed by atoms with E-state index in [1.54, 1.807) is 6.07 Å². The first kappa shape index (κ1) is 17.1. The fourth-order valence-corrected chi connectivity index (χ4v) is 3.16. The average molecular weight is 356 g/mol. The molecule has 2 aliphatic heterocycles. The number of anilines is 1. The highest BCUT2D eigenvalue weighted by molar-refractivity contribution is 6.32. The maximum atomic E-state index is 12.1. The Balaban J connectivity index is 1.53. The number of hydrogen-bond acceptors (Lipinski definition) is 6. The minimum absolute atomic E-state index is 0.0379. The van der Waals surface area contributed by atoms with Crippen molar-refractivity contribution in [3.05, 3.63) is 33.3 Å². The summed E-state index contributed by atoms with van der Waals surface area (Å²) in [4.78, 5) is 24.4. The number of benzene rings is 1. The molecule has 3 rings (SSSR count). The first-order valence-electron chi connectivity index (χ1n) is 7.71. The number of hydrogen-bond donors (Lipinski definition) is 1. The van der Waals surface area contributed by atoms with Crippen LogP contribution in [-0.2, 0) is 14.3 Å². The molecule has 0 aliphatic carbocycles. The van der Waals surface area contributed by atoms with Gasteiger partial charge >= 0.3 is 0 Å². The van der Waals surface area contributed by atoms with Gasteiger partial charge in [-0.1, -0.05) is 11.6 Å². The SMILES string of the molecule is O=C(CN1CCC2(CC1)OCCO2)Nc1ccc(Cl)c([N+](=O)[O-])c1. The molecule has 0 saturated carbocycles. The molecule has 0 bridgehead atoms. The second kappa shape index (κ2) is 7.02. The maximum absolute atomic E-state index is 12.1. The fraction of sp³-hybridized carbons (Fsp3) is 0.533. The number of nitro groups is 1. The number of halogens is 1. The summed E-state index contributed by atoms with van der Waals surface area (Å²) in [5.74, 6) is -0.695. The monoisotopic (exact) mass is 355 g/mol. The van der Waals surface area contributed by atoms with Crippen LogP contribution in [-0.4, -0.2) is 54.4 Å². The second-order valence-electron chi connectivity index (χ2n) is 5.86. The van der Waals surface area contributed by atoms with Crippen LogP contribution in [0.5, 0.6) is 0 Å². The Morgan fingerprint density at radius 1 is 1.33 bits per heavy atom. The summed E-state index contributed by atoms with van der Waals surface area (Å²) in [6.45, 7) is 2.86. The number of nitro benzene ring substituents is 1. The molecule has 1 aromatic rings.